The predicted octanol–water partition coefficient (Wildman–Crippen LogP) is 4.48. The highest BCUT2D eigenvalue weighted by atomic mass is 32.1. The summed E-state index contributed by atoms with van der Waals surface area (Å²) in [5, 5.41) is 8.76. The number of thiophene rings is 1. The summed E-state index contributed by atoms with van der Waals surface area (Å²) in [6.07, 6.45) is 2.06. The Labute approximate surface area is 209 Å². The molecule has 0 atom stereocenters. The second kappa shape index (κ2) is 9.95. The van der Waals surface area contributed by atoms with E-state index in [0.29, 0.717) is 24.5 Å². The molecule has 0 radical (unpaired) electrons. The topological polar surface area (TPSA) is 76.9 Å². The van der Waals surface area contributed by atoms with E-state index in [0.717, 1.165) is 39.4 Å². The zero-order valence-corrected chi connectivity index (χ0v) is 21.7. The lowest BCUT2D eigenvalue weighted by atomic mass is 9.98. The molecule has 2 aromatic heterocycles. The van der Waals surface area contributed by atoms with E-state index in [1.54, 1.807) is 42.3 Å². The van der Waals surface area contributed by atoms with Gasteiger partial charge in [-0.25, -0.2) is 4.68 Å². The molecule has 184 valence electrons. The summed E-state index contributed by atoms with van der Waals surface area (Å²) in [4.78, 5) is 28.2. The van der Waals surface area contributed by atoms with Crippen LogP contribution in [0.3, 0.4) is 0 Å². The largest absolute Gasteiger partial charge is 0.496 e. The minimum absolute atomic E-state index is 0.0439. The van der Waals surface area contributed by atoms with Crippen LogP contribution in [0, 0.1) is 0 Å². The van der Waals surface area contributed by atoms with Crippen LogP contribution in [0.25, 0.3) is 23.0 Å². The predicted molar refractivity (Wildman–Crippen MR) is 137 cm³/mol. The maximum absolute atomic E-state index is 13.5. The van der Waals surface area contributed by atoms with Crippen molar-refractivity contribution in [3.63, 3.8) is 0 Å². The van der Waals surface area contributed by atoms with Crippen molar-refractivity contribution in [2.24, 2.45) is 0 Å². The molecule has 1 aliphatic rings. The van der Waals surface area contributed by atoms with Gasteiger partial charge in [0.25, 0.3) is 5.91 Å². The molecule has 9 heteroatoms. The van der Waals surface area contributed by atoms with Crippen LogP contribution in [-0.4, -0.2) is 65.7 Å². The van der Waals surface area contributed by atoms with Crippen LogP contribution < -0.4 is 9.47 Å². The number of benzene rings is 1. The molecule has 3 heterocycles. The molecule has 0 saturated carbocycles. The highest BCUT2D eigenvalue weighted by Gasteiger charge is 2.32. The van der Waals surface area contributed by atoms with E-state index >= 15 is 0 Å². The highest BCUT2D eigenvalue weighted by molar-refractivity contribution is 7.08. The standard InChI is InChI=1S/C26H30N4O4S/c1-16(2)11-18-12-20-23(13-22(18)33-6)34-14-21-24(26(32)29(5)9-8-28(4)17(3)31)27-30(25(20)21)19-7-10-35-15-19/h7,10-13,15H,8-9,14H2,1-6H3. The van der Waals surface area contributed by atoms with E-state index in [4.69, 9.17) is 14.6 Å². The number of allylic oxidation sites excluding steroid dienone is 1. The molecule has 0 aliphatic carbocycles. The van der Waals surface area contributed by atoms with Crippen LogP contribution in [0.1, 0.15) is 42.4 Å². The molecule has 8 nitrogen and oxygen atoms in total. The summed E-state index contributed by atoms with van der Waals surface area (Å²) >= 11 is 1.57. The number of rotatable bonds is 7. The van der Waals surface area contributed by atoms with E-state index in [-0.39, 0.29) is 18.4 Å². The smallest absolute Gasteiger partial charge is 0.274 e. The molecule has 0 spiro atoms. The molecular formula is C26H30N4O4S. The van der Waals surface area contributed by atoms with Gasteiger partial charge < -0.3 is 19.3 Å². The van der Waals surface area contributed by atoms with Crippen molar-refractivity contribution in [1.29, 1.82) is 0 Å². The fourth-order valence-electron chi connectivity index (χ4n) is 3.97. The second-order valence-electron chi connectivity index (χ2n) is 8.84. The van der Waals surface area contributed by atoms with E-state index in [1.165, 1.54) is 6.92 Å². The second-order valence-corrected chi connectivity index (χ2v) is 9.62. The van der Waals surface area contributed by atoms with Crippen molar-refractivity contribution < 1.29 is 19.1 Å². The number of ether oxygens (including phenoxy) is 2. The Morgan fingerprint density at radius 1 is 1.20 bits per heavy atom. The molecule has 0 fully saturated rings. The molecule has 0 saturated heterocycles. The van der Waals surface area contributed by atoms with Gasteiger partial charge in [0.15, 0.2) is 5.69 Å². The first-order valence-electron chi connectivity index (χ1n) is 11.3. The SMILES string of the molecule is COc1cc2c(cc1C=C(C)C)-c1c(c(C(=O)N(C)CCN(C)C(C)=O)nn1-c1ccsc1)CO2. The summed E-state index contributed by atoms with van der Waals surface area (Å²) < 4.78 is 13.5. The molecule has 2 amide bonds. The number of fused-ring (bicyclic) bond motifs is 3. The van der Waals surface area contributed by atoms with Gasteiger partial charge in [-0.1, -0.05) is 11.6 Å². The third-order valence-corrected chi connectivity index (χ3v) is 6.67. The number of nitrogens with zero attached hydrogens (tertiary/aromatic N) is 4. The first-order valence-corrected chi connectivity index (χ1v) is 12.3. The van der Waals surface area contributed by atoms with E-state index in [9.17, 15) is 9.59 Å². The van der Waals surface area contributed by atoms with Gasteiger partial charge in [-0.3, -0.25) is 9.59 Å². The lowest BCUT2D eigenvalue weighted by molar-refractivity contribution is -0.127. The van der Waals surface area contributed by atoms with Gasteiger partial charge in [0.05, 0.1) is 18.5 Å². The zero-order valence-electron chi connectivity index (χ0n) is 20.9. The molecule has 0 unspecified atom stereocenters. The number of carbonyl (C=O) groups is 2. The van der Waals surface area contributed by atoms with Gasteiger partial charge in [-0.2, -0.15) is 16.4 Å². The van der Waals surface area contributed by atoms with Gasteiger partial charge >= 0.3 is 0 Å². The number of aromatic nitrogens is 2. The highest BCUT2D eigenvalue weighted by Crippen LogP contribution is 2.44. The normalized spacial score (nSPS) is 11.7. The number of hydrogen-bond acceptors (Lipinski definition) is 6. The summed E-state index contributed by atoms with van der Waals surface area (Å²) in [6, 6.07) is 5.90. The van der Waals surface area contributed by atoms with Crippen LogP contribution in [0.5, 0.6) is 11.5 Å². The molecule has 35 heavy (non-hydrogen) atoms. The summed E-state index contributed by atoms with van der Waals surface area (Å²) in [7, 11) is 5.09. The van der Waals surface area contributed by atoms with Crippen molar-refractivity contribution >= 4 is 29.2 Å². The van der Waals surface area contributed by atoms with Crippen molar-refractivity contribution in [2.45, 2.75) is 27.4 Å². The third-order valence-electron chi connectivity index (χ3n) is 6.00. The van der Waals surface area contributed by atoms with E-state index in [2.05, 4.69) is 6.08 Å². The van der Waals surface area contributed by atoms with Gasteiger partial charge in [0.2, 0.25) is 5.91 Å². The molecule has 1 aromatic carbocycles. The third kappa shape index (κ3) is 4.81. The summed E-state index contributed by atoms with van der Waals surface area (Å²) in [5.41, 5.74) is 5.75. The molecule has 3 aromatic rings. The van der Waals surface area contributed by atoms with E-state index < -0.39 is 0 Å². The Bertz CT molecular complexity index is 1290. The molecule has 0 N–H and O–H groups in total. The Balaban J connectivity index is 1.82. The quantitative estimate of drug-likeness (QED) is 0.484. The van der Waals surface area contributed by atoms with Crippen LogP contribution in [0.2, 0.25) is 0 Å². The van der Waals surface area contributed by atoms with Crippen LogP contribution >= 0.6 is 11.3 Å². The number of amides is 2. The van der Waals surface area contributed by atoms with Gasteiger partial charge in [-0.05, 0) is 31.4 Å². The van der Waals surface area contributed by atoms with Gasteiger partial charge in [0, 0.05) is 62.2 Å². The fraction of sp³-hybridized carbons (Fsp3) is 0.346. The van der Waals surface area contributed by atoms with Crippen molar-refractivity contribution in [3.8, 4) is 28.4 Å². The van der Waals surface area contributed by atoms with Gasteiger partial charge in [-0.15, -0.1) is 0 Å². The van der Waals surface area contributed by atoms with Crippen molar-refractivity contribution in [3.05, 3.63) is 51.4 Å². The zero-order chi connectivity index (χ0) is 25.3. The molecule has 4 rings (SSSR count). The average Bonchev–Trinajstić information content (AvgIpc) is 3.49. The molecule has 1 aliphatic heterocycles. The van der Waals surface area contributed by atoms with Crippen LogP contribution in [0.15, 0.2) is 34.5 Å². The Morgan fingerprint density at radius 2 is 1.94 bits per heavy atom. The Morgan fingerprint density at radius 3 is 2.57 bits per heavy atom. The lowest BCUT2D eigenvalue weighted by Gasteiger charge is -2.23. The van der Waals surface area contributed by atoms with Gasteiger partial charge in [0.1, 0.15) is 18.1 Å². The van der Waals surface area contributed by atoms with Crippen molar-refractivity contribution in [2.75, 3.05) is 34.3 Å². The molecular weight excluding hydrogens is 464 g/mol. The number of hydrogen-bond donors (Lipinski definition) is 0. The number of carbonyl (C=O) groups excluding carboxylic acids is 2. The first-order chi connectivity index (χ1) is 16.7. The maximum Gasteiger partial charge on any atom is 0.274 e. The van der Waals surface area contributed by atoms with Crippen molar-refractivity contribution in [1.82, 2.24) is 19.6 Å². The minimum Gasteiger partial charge on any atom is -0.496 e. The van der Waals surface area contributed by atoms with Crippen LogP contribution in [-0.2, 0) is 11.4 Å². The maximum atomic E-state index is 13.5. The van der Waals surface area contributed by atoms with E-state index in [1.807, 2.05) is 47.5 Å². The summed E-state index contributed by atoms with van der Waals surface area (Å²) in [5.74, 6) is 1.16. The Hall–Kier alpha value is -3.59. The average molecular weight is 495 g/mol. The minimum atomic E-state index is -0.211. The Kier molecular flexibility index (Phi) is 6.98. The lowest BCUT2D eigenvalue weighted by Crippen LogP contribution is -2.37. The fourth-order valence-corrected chi connectivity index (χ4v) is 4.59. The number of methoxy groups -OCH3 is 1. The summed E-state index contributed by atoms with van der Waals surface area (Å²) in [6.45, 7) is 6.64. The number of likely N-dealkylation sites (N-methyl/N-ethyl adjacent to an activating group) is 2. The monoisotopic (exact) mass is 494 g/mol. The van der Waals surface area contributed by atoms with Crippen LogP contribution in [0.4, 0.5) is 0 Å². The molecule has 0 bridgehead atoms. The first kappa shape index (κ1) is 24.5.